The van der Waals surface area contributed by atoms with Gasteiger partial charge in [0.05, 0.1) is 0 Å². The van der Waals surface area contributed by atoms with Crippen molar-refractivity contribution in [3.8, 4) is 0 Å². The first-order valence-corrected chi connectivity index (χ1v) is 7.34. The van der Waals surface area contributed by atoms with Crippen LogP contribution >= 0.6 is 0 Å². The fourth-order valence-corrected chi connectivity index (χ4v) is 2.94. The molecule has 106 valence electrons. The van der Waals surface area contributed by atoms with Gasteiger partial charge in [0.15, 0.2) is 11.6 Å². The average Bonchev–Trinajstić information content (AvgIpc) is 2.44. The maximum atomic E-state index is 13.4. The number of halogens is 2. The Morgan fingerprint density at radius 3 is 2.47 bits per heavy atom. The van der Waals surface area contributed by atoms with Crippen LogP contribution in [0.15, 0.2) is 18.2 Å². The predicted octanol–water partition coefficient (Wildman–Crippen LogP) is 4.27. The lowest BCUT2D eigenvalue weighted by atomic mass is 9.81. The molecule has 0 aromatic heterocycles. The van der Waals surface area contributed by atoms with Gasteiger partial charge in [0.1, 0.15) is 0 Å². The normalized spacial score (nSPS) is 23.5. The van der Waals surface area contributed by atoms with Gasteiger partial charge in [-0.1, -0.05) is 38.3 Å². The highest BCUT2D eigenvalue weighted by Crippen LogP contribution is 2.30. The third-order valence-corrected chi connectivity index (χ3v) is 4.32. The van der Waals surface area contributed by atoms with Crippen LogP contribution in [-0.2, 0) is 6.54 Å². The van der Waals surface area contributed by atoms with Gasteiger partial charge in [0, 0.05) is 12.1 Å². The number of hydrogen-bond donors (Lipinski definition) is 1. The molecular weight excluding hydrogens is 244 g/mol. The Balaban J connectivity index is 1.74. The Morgan fingerprint density at radius 1 is 1.11 bits per heavy atom. The summed E-state index contributed by atoms with van der Waals surface area (Å²) in [6, 6.07) is 4.35. The molecular formula is C16H23F2N. The van der Waals surface area contributed by atoms with Gasteiger partial charge >= 0.3 is 0 Å². The van der Waals surface area contributed by atoms with E-state index in [0.29, 0.717) is 18.0 Å². The number of nitrogens with one attached hydrogen (secondary N) is 1. The molecule has 1 aliphatic carbocycles. The van der Waals surface area contributed by atoms with Crippen LogP contribution in [0.3, 0.4) is 0 Å². The van der Waals surface area contributed by atoms with Gasteiger partial charge in [-0.3, -0.25) is 0 Å². The highest BCUT2D eigenvalue weighted by atomic mass is 19.2. The SMILES string of the molecule is CCC1CCC(CNCc2cccc(F)c2F)CC1. The van der Waals surface area contributed by atoms with Crippen molar-refractivity contribution in [2.75, 3.05) is 6.54 Å². The first kappa shape index (κ1) is 14.4. The fraction of sp³-hybridized carbons (Fsp3) is 0.625. The Kier molecular flexibility index (Phi) is 5.32. The van der Waals surface area contributed by atoms with Gasteiger partial charge in [0.2, 0.25) is 0 Å². The maximum absolute atomic E-state index is 13.4. The molecule has 1 fully saturated rings. The predicted molar refractivity (Wildman–Crippen MR) is 73.8 cm³/mol. The van der Waals surface area contributed by atoms with Crippen molar-refractivity contribution in [3.63, 3.8) is 0 Å². The Morgan fingerprint density at radius 2 is 1.79 bits per heavy atom. The molecule has 0 aliphatic heterocycles. The number of hydrogen-bond acceptors (Lipinski definition) is 1. The van der Waals surface area contributed by atoms with E-state index in [-0.39, 0.29) is 0 Å². The summed E-state index contributed by atoms with van der Waals surface area (Å²) in [5.74, 6) is 0.115. The van der Waals surface area contributed by atoms with Crippen LogP contribution in [0.5, 0.6) is 0 Å². The second-order valence-electron chi connectivity index (χ2n) is 5.64. The molecule has 1 nitrogen and oxygen atoms in total. The molecule has 1 aromatic carbocycles. The first-order valence-electron chi connectivity index (χ1n) is 7.34. The van der Waals surface area contributed by atoms with Crippen LogP contribution in [0.2, 0.25) is 0 Å². The summed E-state index contributed by atoms with van der Waals surface area (Å²) in [7, 11) is 0. The van der Waals surface area contributed by atoms with Gasteiger partial charge in [-0.2, -0.15) is 0 Å². The van der Waals surface area contributed by atoms with E-state index in [0.717, 1.165) is 18.5 Å². The fourth-order valence-electron chi connectivity index (χ4n) is 2.94. The van der Waals surface area contributed by atoms with E-state index in [2.05, 4.69) is 12.2 Å². The summed E-state index contributed by atoms with van der Waals surface area (Å²) < 4.78 is 26.5. The molecule has 1 aromatic rings. The third kappa shape index (κ3) is 4.00. The molecule has 1 saturated carbocycles. The molecule has 0 unspecified atom stereocenters. The van der Waals surface area contributed by atoms with Crippen molar-refractivity contribution in [1.29, 1.82) is 0 Å². The van der Waals surface area contributed by atoms with Crippen LogP contribution in [0, 0.1) is 23.5 Å². The van der Waals surface area contributed by atoms with Crippen molar-refractivity contribution >= 4 is 0 Å². The Labute approximate surface area is 114 Å². The van der Waals surface area contributed by atoms with Crippen LogP contribution in [0.25, 0.3) is 0 Å². The molecule has 0 saturated heterocycles. The van der Waals surface area contributed by atoms with Crippen LogP contribution in [0.1, 0.15) is 44.6 Å². The monoisotopic (exact) mass is 267 g/mol. The van der Waals surface area contributed by atoms with E-state index < -0.39 is 11.6 Å². The van der Waals surface area contributed by atoms with Gasteiger partial charge in [-0.05, 0) is 37.3 Å². The molecule has 0 bridgehead atoms. The summed E-state index contributed by atoms with van der Waals surface area (Å²) >= 11 is 0. The van der Waals surface area contributed by atoms with E-state index >= 15 is 0 Å². The van der Waals surface area contributed by atoms with E-state index in [1.807, 2.05) is 0 Å². The highest BCUT2D eigenvalue weighted by Gasteiger charge is 2.19. The zero-order chi connectivity index (χ0) is 13.7. The molecule has 19 heavy (non-hydrogen) atoms. The quantitative estimate of drug-likeness (QED) is 0.840. The van der Waals surface area contributed by atoms with Gasteiger partial charge in [-0.15, -0.1) is 0 Å². The molecule has 1 N–H and O–H groups in total. The second-order valence-corrected chi connectivity index (χ2v) is 5.64. The minimum Gasteiger partial charge on any atom is -0.312 e. The lowest BCUT2D eigenvalue weighted by Gasteiger charge is -2.27. The number of rotatable bonds is 5. The highest BCUT2D eigenvalue weighted by molar-refractivity contribution is 5.18. The summed E-state index contributed by atoms with van der Waals surface area (Å²) in [6.07, 6.45) is 6.44. The van der Waals surface area contributed by atoms with Crippen molar-refractivity contribution in [3.05, 3.63) is 35.4 Å². The summed E-state index contributed by atoms with van der Waals surface area (Å²) in [5.41, 5.74) is 0.419. The second kappa shape index (κ2) is 6.99. The molecule has 0 radical (unpaired) electrons. The average molecular weight is 267 g/mol. The van der Waals surface area contributed by atoms with Gasteiger partial charge < -0.3 is 5.32 Å². The zero-order valence-electron chi connectivity index (χ0n) is 11.6. The zero-order valence-corrected chi connectivity index (χ0v) is 11.6. The van der Waals surface area contributed by atoms with E-state index in [4.69, 9.17) is 0 Å². The van der Waals surface area contributed by atoms with Gasteiger partial charge in [0.25, 0.3) is 0 Å². The van der Waals surface area contributed by atoms with Crippen molar-refractivity contribution in [2.45, 2.75) is 45.6 Å². The van der Waals surface area contributed by atoms with Crippen LogP contribution in [0.4, 0.5) is 8.78 Å². The molecule has 3 heteroatoms. The summed E-state index contributed by atoms with van der Waals surface area (Å²) in [6.45, 7) is 3.58. The minimum absolute atomic E-state index is 0.414. The van der Waals surface area contributed by atoms with E-state index in [1.165, 1.54) is 32.1 Å². The van der Waals surface area contributed by atoms with Crippen LogP contribution < -0.4 is 5.32 Å². The molecule has 1 aliphatic rings. The lowest BCUT2D eigenvalue weighted by Crippen LogP contribution is -2.26. The van der Waals surface area contributed by atoms with E-state index in [9.17, 15) is 8.78 Å². The largest absolute Gasteiger partial charge is 0.312 e. The van der Waals surface area contributed by atoms with Crippen LogP contribution in [-0.4, -0.2) is 6.54 Å². The summed E-state index contributed by atoms with van der Waals surface area (Å²) in [5, 5.41) is 3.27. The third-order valence-electron chi connectivity index (χ3n) is 4.32. The molecule has 0 amide bonds. The topological polar surface area (TPSA) is 12.0 Å². The first-order chi connectivity index (χ1) is 9.20. The van der Waals surface area contributed by atoms with E-state index in [1.54, 1.807) is 12.1 Å². The van der Waals surface area contributed by atoms with Crippen molar-refractivity contribution in [2.24, 2.45) is 11.8 Å². The number of benzene rings is 1. The molecule has 2 rings (SSSR count). The minimum atomic E-state index is -0.761. The standard InChI is InChI=1S/C16H23F2N/c1-2-12-6-8-13(9-7-12)10-19-11-14-4-3-5-15(17)16(14)18/h3-5,12-13,19H,2,6-11H2,1H3. The van der Waals surface area contributed by atoms with Gasteiger partial charge in [-0.25, -0.2) is 8.78 Å². The summed E-state index contributed by atoms with van der Waals surface area (Å²) in [4.78, 5) is 0. The molecule has 0 heterocycles. The van der Waals surface area contributed by atoms with Crippen molar-refractivity contribution in [1.82, 2.24) is 5.32 Å². The lowest BCUT2D eigenvalue weighted by molar-refractivity contribution is 0.262. The Bertz CT molecular complexity index is 398. The molecule has 0 atom stereocenters. The van der Waals surface area contributed by atoms with Crippen molar-refractivity contribution < 1.29 is 8.78 Å². The molecule has 0 spiro atoms. The Hall–Kier alpha value is -0.960. The maximum Gasteiger partial charge on any atom is 0.163 e. The smallest absolute Gasteiger partial charge is 0.163 e.